The number of hydrogen-bond acceptors (Lipinski definition) is 2. The SMILES string of the molecule is BC(=O)C1=C(C)NC(=O)CC1c1cccc2ccccc12. The second kappa shape index (κ2) is 5.21. The number of hydrogen-bond donors (Lipinski definition) is 1. The van der Waals surface area contributed by atoms with Gasteiger partial charge >= 0.3 is 0 Å². The summed E-state index contributed by atoms with van der Waals surface area (Å²) >= 11 is 0. The van der Waals surface area contributed by atoms with Crippen LogP contribution >= 0.6 is 0 Å². The molecule has 1 N–H and O–H groups in total. The van der Waals surface area contributed by atoms with E-state index in [9.17, 15) is 9.59 Å². The highest BCUT2D eigenvalue weighted by Crippen LogP contribution is 2.36. The molecule has 0 fully saturated rings. The molecular formula is C17H16BNO2. The first-order valence-corrected chi connectivity index (χ1v) is 7.07. The topological polar surface area (TPSA) is 46.2 Å². The fourth-order valence-corrected chi connectivity index (χ4v) is 3.21. The Kier molecular flexibility index (Phi) is 3.38. The summed E-state index contributed by atoms with van der Waals surface area (Å²) in [5, 5.41) is 5.01. The molecule has 1 amide bonds. The van der Waals surface area contributed by atoms with Crippen molar-refractivity contribution in [1.82, 2.24) is 5.32 Å². The number of amides is 1. The molecule has 2 aromatic carbocycles. The molecule has 0 bridgehead atoms. The maximum absolute atomic E-state index is 12.0. The van der Waals surface area contributed by atoms with Crippen LogP contribution in [0.3, 0.4) is 0 Å². The lowest BCUT2D eigenvalue weighted by atomic mass is 9.76. The zero-order valence-electron chi connectivity index (χ0n) is 12.1. The van der Waals surface area contributed by atoms with Gasteiger partial charge in [-0.25, -0.2) is 0 Å². The summed E-state index contributed by atoms with van der Waals surface area (Å²) in [6.07, 6.45) is 0.320. The summed E-state index contributed by atoms with van der Waals surface area (Å²) in [4.78, 5) is 23.9. The van der Waals surface area contributed by atoms with Gasteiger partial charge in [0.1, 0.15) is 5.68 Å². The van der Waals surface area contributed by atoms with E-state index in [1.165, 1.54) is 0 Å². The van der Waals surface area contributed by atoms with Gasteiger partial charge in [-0.1, -0.05) is 42.5 Å². The third-order valence-corrected chi connectivity index (χ3v) is 4.05. The molecule has 104 valence electrons. The lowest BCUT2D eigenvalue weighted by molar-refractivity contribution is -0.121. The van der Waals surface area contributed by atoms with E-state index in [0.29, 0.717) is 17.7 Å². The van der Waals surface area contributed by atoms with E-state index >= 15 is 0 Å². The fraction of sp³-hybridized carbons (Fsp3) is 0.176. The van der Waals surface area contributed by atoms with Crippen LogP contribution in [0.15, 0.2) is 53.7 Å². The molecule has 1 unspecified atom stereocenters. The third kappa shape index (κ3) is 2.37. The maximum atomic E-state index is 12.0. The molecule has 1 aliphatic rings. The van der Waals surface area contributed by atoms with Gasteiger partial charge in [-0.2, -0.15) is 0 Å². The minimum atomic E-state index is -0.164. The summed E-state index contributed by atoms with van der Waals surface area (Å²) < 4.78 is 0. The maximum Gasteiger partial charge on any atom is 0.225 e. The lowest BCUT2D eigenvalue weighted by Crippen LogP contribution is -2.33. The van der Waals surface area contributed by atoms with Crippen LogP contribution in [0.5, 0.6) is 0 Å². The van der Waals surface area contributed by atoms with Crippen molar-refractivity contribution < 1.29 is 9.59 Å². The van der Waals surface area contributed by atoms with Crippen LogP contribution in [0.4, 0.5) is 0 Å². The Balaban J connectivity index is 2.23. The van der Waals surface area contributed by atoms with E-state index < -0.39 is 0 Å². The molecule has 1 aliphatic heterocycles. The minimum Gasteiger partial charge on any atom is -0.330 e. The monoisotopic (exact) mass is 277 g/mol. The summed E-state index contributed by atoms with van der Waals surface area (Å²) in [5.74, 6) is -0.196. The van der Waals surface area contributed by atoms with Gasteiger partial charge in [0.15, 0.2) is 7.85 Å². The van der Waals surface area contributed by atoms with E-state index in [2.05, 4.69) is 5.32 Å². The molecule has 4 heteroatoms. The molecule has 3 nitrogen and oxygen atoms in total. The zero-order valence-corrected chi connectivity index (χ0v) is 12.1. The number of carbonyl (C=O) groups is 2. The molecular weight excluding hydrogens is 261 g/mol. The van der Waals surface area contributed by atoms with E-state index in [1.807, 2.05) is 42.5 Å². The van der Waals surface area contributed by atoms with Crippen molar-refractivity contribution in [3.63, 3.8) is 0 Å². The van der Waals surface area contributed by atoms with Crippen LogP contribution in [-0.4, -0.2) is 19.4 Å². The molecule has 0 radical (unpaired) electrons. The van der Waals surface area contributed by atoms with E-state index in [1.54, 1.807) is 14.8 Å². The van der Waals surface area contributed by atoms with Crippen LogP contribution in [0, 0.1) is 0 Å². The van der Waals surface area contributed by atoms with Crippen LogP contribution in [0.1, 0.15) is 24.8 Å². The largest absolute Gasteiger partial charge is 0.330 e. The number of nitrogens with one attached hydrogen (secondary N) is 1. The molecule has 0 saturated heterocycles. The first-order valence-electron chi connectivity index (χ1n) is 7.07. The number of allylic oxidation sites excluding steroid dienone is 2. The first kappa shape index (κ1) is 13.6. The van der Waals surface area contributed by atoms with Gasteiger partial charge in [-0.3, -0.25) is 4.79 Å². The molecule has 0 aromatic heterocycles. The molecule has 2 aromatic rings. The normalized spacial score (nSPS) is 18.7. The highest BCUT2D eigenvalue weighted by Gasteiger charge is 2.30. The lowest BCUT2D eigenvalue weighted by Gasteiger charge is -2.27. The Morgan fingerprint density at radius 2 is 1.90 bits per heavy atom. The Morgan fingerprint density at radius 3 is 2.67 bits per heavy atom. The predicted molar refractivity (Wildman–Crippen MR) is 85.7 cm³/mol. The summed E-state index contributed by atoms with van der Waals surface area (Å²) in [6, 6.07) is 14.1. The number of benzene rings is 2. The number of carbonyl (C=O) groups excluding carboxylic acids is 2. The van der Waals surface area contributed by atoms with Crippen LogP contribution in [0.2, 0.25) is 0 Å². The molecule has 3 rings (SSSR count). The van der Waals surface area contributed by atoms with E-state index in [0.717, 1.165) is 16.3 Å². The molecule has 0 spiro atoms. The Morgan fingerprint density at radius 1 is 1.19 bits per heavy atom. The van der Waals surface area contributed by atoms with Gasteiger partial charge in [0.2, 0.25) is 5.91 Å². The third-order valence-electron chi connectivity index (χ3n) is 4.05. The van der Waals surface area contributed by atoms with Gasteiger partial charge in [0.25, 0.3) is 0 Å². The molecule has 0 aliphatic carbocycles. The second-order valence-electron chi connectivity index (χ2n) is 5.47. The van der Waals surface area contributed by atoms with Crippen LogP contribution < -0.4 is 5.32 Å². The zero-order chi connectivity index (χ0) is 15.0. The van der Waals surface area contributed by atoms with Gasteiger partial charge in [-0.15, -0.1) is 0 Å². The number of rotatable bonds is 2. The van der Waals surface area contributed by atoms with Crippen molar-refractivity contribution in [2.75, 3.05) is 0 Å². The first-order chi connectivity index (χ1) is 10.1. The quantitative estimate of drug-likeness (QED) is 0.852. The van der Waals surface area contributed by atoms with Crippen LogP contribution in [-0.2, 0) is 9.59 Å². The highest BCUT2D eigenvalue weighted by molar-refractivity contribution is 6.62. The molecule has 0 saturated carbocycles. The number of fused-ring (bicyclic) bond motifs is 1. The Bertz CT molecular complexity index is 774. The average Bonchev–Trinajstić information content (AvgIpc) is 2.45. The highest BCUT2D eigenvalue weighted by atomic mass is 16.2. The van der Waals surface area contributed by atoms with Crippen LogP contribution in [0.25, 0.3) is 10.8 Å². The Hall–Kier alpha value is -2.36. The standard InChI is InChI=1S/C17H16BNO2/c1-10-16(17(18)21)14(9-15(20)19-10)13-8-4-6-11-5-2-3-7-12(11)13/h2-8,14H,9,18H2,1H3,(H,19,20). The fourth-order valence-electron chi connectivity index (χ4n) is 3.21. The van der Waals surface area contributed by atoms with Crippen molar-refractivity contribution in [2.24, 2.45) is 0 Å². The molecule has 1 atom stereocenters. The summed E-state index contributed by atoms with van der Waals surface area (Å²) in [6.45, 7) is 1.80. The second-order valence-corrected chi connectivity index (χ2v) is 5.47. The van der Waals surface area contributed by atoms with Crippen molar-refractivity contribution in [3.05, 3.63) is 59.3 Å². The van der Waals surface area contributed by atoms with Gasteiger partial charge in [0, 0.05) is 23.6 Å². The summed E-state index contributed by atoms with van der Waals surface area (Å²) in [5.41, 5.74) is 2.46. The van der Waals surface area contributed by atoms with Crippen molar-refractivity contribution >= 4 is 30.2 Å². The van der Waals surface area contributed by atoms with Gasteiger partial charge < -0.3 is 10.1 Å². The van der Waals surface area contributed by atoms with Crippen molar-refractivity contribution in [3.8, 4) is 0 Å². The van der Waals surface area contributed by atoms with Gasteiger partial charge in [0.05, 0.1) is 0 Å². The minimum absolute atomic E-state index is 0.0189. The summed E-state index contributed by atoms with van der Waals surface area (Å²) in [7, 11) is 1.56. The van der Waals surface area contributed by atoms with Crippen molar-refractivity contribution in [2.45, 2.75) is 19.3 Å². The average molecular weight is 277 g/mol. The van der Waals surface area contributed by atoms with E-state index in [4.69, 9.17) is 0 Å². The Labute approximate surface area is 124 Å². The van der Waals surface area contributed by atoms with Crippen molar-refractivity contribution in [1.29, 1.82) is 0 Å². The smallest absolute Gasteiger partial charge is 0.225 e. The van der Waals surface area contributed by atoms with E-state index in [-0.39, 0.29) is 17.5 Å². The molecule has 1 heterocycles. The van der Waals surface area contributed by atoms with Gasteiger partial charge in [-0.05, 0) is 23.3 Å². The predicted octanol–water partition coefficient (Wildman–Crippen LogP) is 1.88. The molecule has 21 heavy (non-hydrogen) atoms.